The molecule has 2 aromatic heterocycles. The second kappa shape index (κ2) is 10.9. The van der Waals surface area contributed by atoms with Gasteiger partial charge in [0.05, 0.1) is 11.3 Å². The number of benzene rings is 1. The van der Waals surface area contributed by atoms with E-state index >= 15 is 0 Å². The number of hydrogen-bond acceptors (Lipinski definition) is 13. The number of rotatable bonds is 8. The first-order chi connectivity index (χ1) is 18.7. The summed E-state index contributed by atoms with van der Waals surface area (Å²) in [5.41, 5.74) is 7.40. The number of carboxylic acid groups (broad SMARTS) is 1. The van der Waals surface area contributed by atoms with Crippen molar-refractivity contribution >= 4 is 74.7 Å². The zero-order chi connectivity index (χ0) is 27.8. The van der Waals surface area contributed by atoms with E-state index in [0.29, 0.717) is 37.1 Å². The van der Waals surface area contributed by atoms with Crippen molar-refractivity contribution in [2.24, 2.45) is 0 Å². The first-order valence-electron chi connectivity index (χ1n) is 11.2. The smallest absolute Gasteiger partial charge is 0.352 e. The van der Waals surface area contributed by atoms with Gasteiger partial charge in [0, 0.05) is 22.4 Å². The molecule has 2 aliphatic heterocycles. The molecular weight excluding hydrogens is 585 g/mol. The van der Waals surface area contributed by atoms with E-state index in [4.69, 9.17) is 5.73 Å². The average molecular weight is 605 g/mol. The predicted octanol–water partition coefficient (Wildman–Crippen LogP) is 2.59. The Morgan fingerprint density at radius 1 is 1.28 bits per heavy atom. The molecule has 6 N–H and O–H groups in total. The van der Waals surface area contributed by atoms with Gasteiger partial charge < -0.3 is 26.4 Å². The summed E-state index contributed by atoms with van der Waals surface area (Å²) in [7, 11) is 0. The SMILES string of the molecule is C/C=C(\C(=O)NC1C(=O)N2C(C(=O)O)=C(CSc3nnc(-c4ccc(O)c(O)c4)s3)CS[C@@H]12)c1csc(N)n1. The quantitative estimate of drug-likeness (QED) is 0.109. The number of aromatic hydroxyl groups is 2. The van der Waals surface area contributed by atoms with E-state index in [1.165, 1.54) is 63.2 Å². The molecule has 1 fully saturated rings. The Bertz CT molecular complexity index is 1550. The Morgan fingerprint density at radius 3 is 2.74 bits per heavy atom. The van der Waals surface area contributed by atoms with Crippen LogP contribution in [0.1, 0.15) is 12.6 Å². The van der Waals surface area contributed by atoms with Crippen molar-refractivity contribution in [3.63, 3.8) is 0 Å². The number of thioether (sulfide) groups is 2. The van der Waals surface area contributed by atoms with Crippen LogP contribution < -0.4 is 11.1 Å². The van der Waals surface area contributed by atoms with Gasteiger partial charge in [-0.3, -0.25) is 14.5 Å². The normalized spacial score (nSPS) is 19.1. The summed E-state index contributed by atoms with van der Waals surface area (Å²) in [5.74, 6) is -2.11. The molecule has 3 aromatic rings. The molecule has 5 rings (SSSR count). The van der Waals surface area contributed by atoms with E-state index in [2.05, 4.69) is 20.5 Å². The Kier molecular flexibility index (Phi) is 7.53. The molecule has 2 amide bonds. The number of phenols is 2. The van der Waals surface area contributed by atoms with Gasteiger partial charge in [-0.15, -0.1) is 33.3 Å². The first-order valence-corrected chi connectivity index (χ1v) is 15.0. The lowest BCUT2D eigenvalue weighted by molar-refractivity contribution is -0.150. The van der Waals surface area contributed by atoms with Crippen molar-refractivity contribution in [3.8, 4) is 22.1 Å². The van der Waals surface area contributed by atoms with Crippen LogP contribution in [-0.2, 0) is 14.4 Å². The lowest BCUT2D eigenvalue weighted by atomic mass is 10.0. The zero-order valence-corrected chi connectivity index (χ0v) is 23.3. The monoisotopic (exact) mass is 604 g/mol. The maximum absolute atomic E-state index is 13.0. The third-order valence-electron chi connectivity index (χ3n) is 5.87. The van der Waals surface area contributed by atoms with Crippen molar-refractivity contribution in [1.82, 2.24) is 25.4 Å². The highest BCUT2D eigenvalue weighted by Gasteiger charge is 2.54. The highest BCUT2D eigenvalue weighted by molar-refractivity contribution is 8.01. The third-order valence-corrected chi connectivity index (χ3v) is 10.1. The largest absolute Gasteiger partial charge is 0.504 e. The molecule has 0 aliphatic carbocycles. The van der Waals surface area contributed by atoms with Gasteiger partial charge in [0.15, 0.2) is 21.0 Å². The second-order valence-corrected chi connectivity index (χ2v) is 12.5. The molecule has 2 aliphatic rings. The highest BCUT2D eigenvalue weighted by Crippen LogP contribution is 2.42. The van der Waals surface area contributed by atoms with Crippen LogP contribution in [0.15, 0.2) is 45.3 Å². The van der Waals surface area contributed by atoms with Crippen LogP contribution in [0.3, 0.4) is 0 Å². The van der Waals surface area contributed by atoms with Crippen molar-refractivity contribution < 1.29 is 29.7 Å². The number of carbonyl (C=O) groups is 3. The van der Waals surface area contributed by atoms with E-state index in [-0.39, 0.29) is 28.5 Å². The van der Waals surface area contributed by atoms with E-state index < -0.39 is 29.2 Å². The van der Waals surface area contributed by atoms with Crippen molar-refractivity contribution in [3.05, 3.63) is 46.6 Å². The Labute approximate surface area is 237 Å². The summed E-state index contributed by atoms with van der Waals surface area (Å²) < 4.78 is 0.573. The summed E-state index contributed by atoms with van der Waals surface area (Å²) in [6.07, 6.45) is 1.58. The van der Waals surface area contributed by atoms with Gasteiger partial charge in [-0.05, 0) is 30.7 Å². The number of nitrogens with one attached hydrogen (secondary N) is 1. The molecule has 0 spiro atoms. The molecule has 1 unspecified atom stereocenters. The molecule has 0 radical (unpaired) electrons. The summed E-state index contributed by atoms with van der Waals surface area (Å²) in [4.78, 5) is 43.4. The number of nitrogens with zero attached hydrogens (tertiary/aromatic N) is 4. The number of anilines is 1. The molecule has 12 nitrogen and oxygen atoms in total. The van der Waals surface area contributed by atoms with Crippen molar-refractivity contribution in [2.75, 3.05) is 17.2 Å². The van der Waals surface area contributed by atoms with Crippen molar-refractivity contribution in [2.45, 2.75) is 22.7 Å². The average Bonchev–Trinajstić information content (AvgIpc) is 3.56. The number of carbonyl (C=O) groups excluding carboxylic acids is 2. The Balaban J connectivity index is 1.27. The number of fused-ring (bicyclic) bond motifs is 1. The summed E-state index contributed by atoms with van der Waals surface area (Å²) in [6.45, 7) is 1.68. The fraction of sp³-hybridized carbons (Fsp3) is 0.217. The third kappa shape index (κ3) is 5.19. The van der Waals surface area contributed by atoms with Crippen LogP contribution in [0.2, 0.25) is 0 Å². The standard InChI is InChI=1S/C23H20N6O6S4/c1-2-11(12-8-37-22(24)25-12)17(32)26-15-19(33)29-16(21(34)35)10(6-36-20(15)29)7-38-23-28-27-18(39-23)9-3-4-13(30)14(31)5-9/h2-5,8,15,20,30-31H,6-7H2,1H3,(H2,24,25)(H,26,32)(H,34,35)/b11-2-/t15?,20-/m0/s1. The summed E-state index contributed by atoms with van der Waals surface area (Å²) in [6, 6.07) is 3.46. The number of β-lactam (4-membered cyclic amide) rings is 1. The van der Waals surface area contributed by atoms with E-state index in [1.54, 1.807) is 24.4 Å². The summed E-state index contributed by atoms with van der Waals surface area (Å²) in [5, 5.41) is 42.1. The predicted molar refractivity (Wildman–Crippen MR) is 149 cm³/mol. The second-order valence-electron chi connectivity index (χ2n) is 8.26. The minimum Gasteiger partial charge on any atom is -0.504 e. The highest BCUT2D eigenvalue weighted by atomic mass is 32.2. The van der Waals surface area contributed by atoms with Gasteiger partial charge in [-0.25, -0.2) is 9.78 Å². The topological polar surface area (TPSA) is 192 Å². The number of allylic oxidation sites excluding steroid dienone is 1. The molecule has 1 aromatic carbocycles. The van der Waals surface area contributed by atoms with Crippen molar-refractivity contribution in [1.29, 1.82) is 0 Å². The molecule has 16 heteroatoms. The van der Waals surface area contributed by atoms with Crippen LogP contribution in [0.4, 0.5) is 5.13 Å². The number of nitrogens with two attached hydrogens (primary N) is 1. The van der Waals surface area contributed by atoms with Crippen LogP contribution in [0, 0.1) is 0 Å². The first kappa shape index (κ1) is 27.0. The Morgan fingerprint density at radius 2 is 2.08 bits per heavy atom. The van der Waals surface area contributed by atoms with E-state index in [0.717, 1.165) is 0 Å². The van der Waals surface area contributed by atoms with Gasteiger partial charge in [0.25, 0.3) is 11.8 Å². The number of amides is 2. The van der Waals surface area contributed by atoms with Gasteiger partial charge in [-0.1, -0.05) is 29.2 Å². The molecule has 1 saturated heterocycles. The van der Waals surface area contributed by atoms with E-state index in [9.17, 15) is 29.7 Å². The van der Waals surface area contributed by atoms with Crippen LogP contribution >= 0.6 is 46.2 Å². The van der Waals surface area contributed by atoms with E-state index in [1.807, 2.05) is 0 Å². The van der Waals surface area contributed by atoms with Gasteiger partial charge in [-0.2, -0.15) is 0 Å². The molecule has 202 valence electrons. The number of aromatic nitrogens is 3. The molecule has 0 saturated carbocycles. The number of carboxylic acids is 1. The fourth-order valence-corrected chi connectivity index (χ4v) is 7.91. The number of hydrogen-bond donors (Lipinski definition) is 5. The van der Waals surface area contributed by atoms with Gasteiger partial charge in [0.1, 0.15) is 22.1 Å². The zero-order valence-electron chi connectivity index (χ0n) is 20.0. The number of nitrogen functional groups attached to an aromatic ring is 1. The summed E-state index contributed by atoms with van der Waals surface area (Å²) >= 11 is 5.11. The molecule has 0 bridgehead atoms. The fourth-order valence-electron chi connectivity index (χ4n) is 4.01. The number of aliphatic carboxylic acids is 1. The van der Waals surface area contributed by atoms with Crippen LogP contribution in [0.5, 0.6) is 11.5 Å². The lowest BCUT2D eigenvalue weighted by Gasteiger charge is -2.49. The molecule has 39 heavy (non-hydrogen) atoms. The maximum Gasteiger partial charge on any atom is 0.352 e. The lowest BCUT2D eigenvalue weighted by Crippen LogP contribution is -2.70. The minimum atomic E-state index is -1.22. The molecule has 2 atom stereocenters. The van der Waals surface area contributed by atoms with Gasteiger partial charge in [0.2, 0.25) is 0 Å². The maximum atomic E-state index is 13.0. The van der Waals surface area contributed by atoms with Crippen LogP contribution in [0.25, 0.3) is 16.1 Å². The van der Waals surface area contributed by atoms with Crippen LogP contribution in [-0.4, -0.2) is 76.1 Å². The minimum absolute atomic E-state index is 0.0894. The number of phenolic OH excluding ortho intramolecular Hbond substituents is 2. The Hall–Kier alpha value is -3.60. The number of thiazole rings is 1. The molecule has 4 heterocycles. The molecular formula is C23H20N6O6S4. The van der Waals surface area contributed by atoms with Gasteiger partial charge >= 0.3 is 5.97 Å².